The van der Waals surface area contributed by atoms with Gasteiger partial charge in [-0.2, -0.15) is 0 Å². The number of fused-ring (bicyclic) bond motifs is 4. The zero-order valence-corrected chi connectivity index (χ0v) is 29.9. The molecule has 2 aromatic heterocycles. The number of carbonyl (C=O) groups is 3. The lowest BCUT2D eigenvalue weighted by Gasteiger charge is -2.53. The van der Waals surface area contributed by atoms with Gasteiger partial charge in [0.1, 0.15) is 11.6 Å². The predicted molar refractivity (Wildman–Crippen MR) is 203 cm³/mol. The molecule has 1 unspecified atom stereocenters. The van der Waals surface area contributed by atoms with Crippen LogP contribution in [-0.2, 0) is 11.2 Å². The van der Waals surface area contributed by atoms with Crippen molar-refractivity contribution in [1.82, 2.24) is 15.2 Å². The Balaban J connectivity index is 0.919. The van der Waals surface area contributed by atoms with Crippen molar-refractivity contribution in [2.45, 2.75) is 32.4 Å². The molecule has 2 saturated heterocycles. The fourth-order valence-electron chi connectivity index (χ4n) is 7.92. The lowest BCUT2D eigenvalue weighted by Crippen LogP contribution is -2.59. The van der Waals surface area contributed by atoms with Gasteiger partial charge in [0.15, 0.2) is 6.17 Å². The number of hydrogen-bond acceptors (Lipinski definition) is 9. The molecule has 9 rings (SSSR count). The molecule has 12 heteroatoms. The van der Waals surface area contributed by atoms with E-state index in [-0.39, 0.29) is 23.0 Å². The first kappa shape index (κ1) is 33.3. The number of ether oxygens (including phenoxy) is 1. The van der Waals surface area contributed by atoms with Gasteiger partial charge in [-0.15, -0.1) is 11.3 Å². The second-order valence-corrected chi connectivity index (χ2v) is 15.4. The maximum Gasteiger partial charge on any atom is 0.259 e. The van der Waals surface area contributed by atoms with Crippen molar-refractivity contribution in [3.05, 3.63) is 130 Å². The van der Waals surface area contributed by atoms with Crippen LogP contribution < -0.4 is 20.4 Å². The fourth-order valence-corrected chi connectivity index (χ4v) is 9.13. The Morgan fingerprint density at radius 3 is 2.66 bits per heavy atom. The zero-order chi connectivity index (χ0) is 36.3. The minimum absolute atomic E-state index is 0.0585. The number of Topliss-reactive ketones (excluding diaryl/α,β-unsaturated/α-hetero) is 1. The number of benzene rings is 2. The van der Waals surface area contributed by atoms with Gasteiger partial charge in [0.05, 0.1) is 21.8 Å². The van der Waals surface area contributed by atoms with Crippen molar-refractivity contribution in [1.29, 1.82) is 0 Å². The number of nitrogens with zero attached hydrogens (tertiary/aromatic N) is 4. The second-order valence-electron chi connectivity index (χ2n) is 14.3. The summed E-state index contributed by atoms with van der Waals surface area (Å²) in [5.74, 6) is -0.400. The van der Waals surface area contributed by atoms with Gasteiger partial charge >= 0.3 is 0 Å². The quantitative estimate of drug-likeness (QED) is 0.212. The van der Waals surface area contributed by atoms with E-state index in [1.54, 1.807) is 41.4 Å². The monoisotopic (exact) mass is 728 g/mol. The average Bonchev–Trinajstić information content (AvgIpc) is 3.76. The molecular weight excluding hydrogens is 692 g/mol. The molecule has 0 bridgehead atoms. The largest absolute Gasteiger partial charge is 0.381 e. The first-order chi connectivity index (χ1) is 25.7. The molecule has 1 atom stereocenters. The maximum absolute atomic E-state index is 14.8. The number of anilines is 3. The van der Waals surface area contributed by atoms with Crippen LogP contribution in [0.3, 0.4) is 0 Å². The molecule has 2 aromatic carbocycles. The third kappa shape index (κ3) is 6.01. The molecule has 2 amide bonds. The Bertz CT molecular complexity index is 2250. The van der Waals surface area contributed by atoms with E-state index in [0.29, 0.717) is 51.7 Å². The molecule has 268 valence electrons. The van der Waals surface area contributed by atoms with E-state index in [4.69, 9.17) is 4.74 Å². The fraction of sp³-hybridized carbons (Fsp3) is 0.268. The normalized spacial score (nSPS) is 19.4. The number of carbonyl (C=O) groups excluding carboxylic acids is 3. The summed E-state index contributed by atoms with van der Waals surface area (Å²) in [6.07, 6.45) is 13.2. The minimum atomic E-state index is -0.548. The lowest BCUT2D eigenvalue weighted by molar-refractivity contribution is -0.000511. The summed E-state index contributed by atoms with van der Waals surface area (Å²) in [4.78, 5) is 53.2. The first-order valence-corrected chi connectivity index (χ1v) is 18.7. The lowest BCUT2D eigenvalue weighted by atomic mass is 9.73. The van der Waals surface area contributed by atoms with Gasteiger partial charge in [0.2, 0.25) is 5.78 Å². The van der Waals surface area contributed by atoms with Gasteiger partial charge in [0, 0.05) is 78.6 Å². The molecular formula is C41H37FN6O4S. The smallest absolute Gasteiger partial charge is 0.259 e. The summed E-state index contributed by atoms with van der Waals surface area (Å²) in [7, 11) is 0. The number of allylic oxidation sites excluding steroid dienone is 3. The van der Waals surface area contributed by atoms with Gasteiger partial charge in [0.25, 0.3) is 11.8 Å². The third-order valence-corrected chi connectivity index (χ3v) is 12.0. The van der Waals surface area contributed by atoms with Crippen LogP contribution in [0.25, 0.3) is 10.4 Å². The Morgan fingerprint density at radius 1 is 1.04 bits per heavy atom. The highest BCUT2D eigenvalue weighted by Crippen LogP contribution is 2.44. The van der Waals surface area contributed by atoms with E-state index < -0.39 is 12.0 Å². The second kappa shape index (κ2) is 13.1. The number of amides is 2. The number of aryl methyl sites for hydroxylation is 1. The van der Waals surface area contributed by atoms with E-state index >= 15 is 0 Å². The Hall–Kier alpha value is -5.59. The summed E-state index contributed by atoms with van der Waals surface area (Å²) in [6.45, 7) is 5.46. The van der Waals surface area contributed by atoms with Gasteiger partial charge in [-0.1, -0.05) is 6.08 Å². The average molecular weight is 729 g/mol. The van der Waals surface area contributed by atoms with Crippen molar-refractivity contribution < 1.29 is 23.5 Å². The highest BCUT2D eigenvalue weighted by Gasteiger charge is 2.45. The number of nitrogens with one attached hydrogen (secondary N) is 2. The molecule has 2 N–H and O–H groups in total. The van der Waals surface area contributed by atoms with Crippen LogP contribution in [0, 0.1) is 18.2 Å². The number of aromatic nitrogens is 1. The topological polar surface area (TPSA) is 107 Å². The summed E-state index contributed by atoms with van der Waals surface area (Å²) in [6, 6.07) is 15.0. The van der Waals surface area contributed by atoms with E-state index in [0.717, 1.165) is 60.8 Å². The van der Waals surface area contributed by atoms with Crippen LogP contribution in [0.15, 0.2) is 97.1 Å². The molecule has 53 heavy (non-hydrogen) atoms. The summed E-state index contributed by atoms with van der Waals surface area (Å²) >= 11 is 1.37. The van der Waals surface area contributed by atoms with Crippen LogP contribution in [0.1, 0.15) is 54.4 Å². The number of rotatable bonds is 6. The predicted octanol–water partition coefficient (Wildman–Crippen LogP) is 6.67. The standard InChI is InChI=1S/C41H37FN6O4S/c1-25-18-32(37(43-21-25)46-23-41(24-46)12-16-52-17-13-41)39(50)45-29-8-5-26(6-9-29)40(51)48-15-11-27-19-34(53-36(27)31-10-7-28(42)20-33(31)48)35(49)38-44-22-30-4-2-3-14-47(30)38/h2-10,14,18-22,38,44H,11-13,15-17,23-24H2,1H3,(H,45,50). The number of ketones is 1. The van der Waals surface area contributed by atoms with E-state index in [2.05, 4.69) is 20.5 Å². The number of halogens is 1. The van der Waals surface area contributed by atoms with E-state index in [1.807, 2.05) is 54.6 Å². The Kier molecular flexibility index (Phi) is 8.23. The van der Waals surface area contributed by atoms with Crippen molar-refractivity contribution in [3.8, 4) is 10.4 Å². The Morgan fingerprint density at radius 2 is 1.85 bits per heavy atom. The highest BCUT2D eigenvalue weighted by molar-refractivity contribution is 7.17. The summed E-state index contributed by atoms with van der Waals surface area (Å²) in [5, 5.41) is 6.18. The van der Waals surface area contributed by atoms with Gasteiger partial charge in [-0.05, 0) is 104 Å². The van der Waals surface area contributed by atoms with Crippen LogP contribution in [0.5, 0.6) is 0 Å². The maximum atomic E-state index is 14.8. The van der Waals surface area contributed by atoms with Crippen molar-refractivity contribution in [3.63, 3.8) is 0 Å². The van der Waals surface area contributed by atoms with E-state index in [1.165, 1.54) is 23.5 Å². The van der Waals surface area contributed by atoms with Crippen LogP contribution >= 0.6 is 11.3 Å². The van der Waals surface area contributed by atoms with Gasteiger partial charge < -0.3 is 30.1 Å². The molecule has 2 fully saturated rings. The number of hydrogen-bond donors (Lipinski definition) is 2. The molecule has 4 aromatic rings. The highest BCUT2D eigenvalue weighted by atomic mass is 32.1. The molecule has 10 nitrogen and oxygen atoms in total. The molecule has 0 radical (unpaired) electrons. The molecule has 0 saturated carbocycles. The zero-order valence-electron chi connectivity index (χ0n) is 29.1. The first-order valence-electron chi connectivity index (χ1n) is 17.8. The molecule has 5 aliphatic heterocycles. The summed E-state index contributed by atoms with van der Waals surface area (Å²) < 4.78 is 20.4. The number of pyridine rings is 1. The molecule has 7 heterocycles. The van der Waals surface area contributed by atoms with Crippen LogP contribution in [-0.4, -0.2) is 66.5 Å². The molecule has 1 spiro atoms. The van der Waals surface area contributed by atoms with Crippen molar-refractivity contribution in [2.75, 3.05) is 48.0 Å². The van der Waals surface area contributed by atoms with Gasteiger partial charge in [-0.25, -0.2) is 9.37 Å². The molecule has 0 aliphatic carbocycles. The SMILES string of the molecule is Cc1cnc(N2CC3(CCOCC3)C2)c(C(=O)Nc2ccc(C(=O)N3CCc4cc(C(=O)C5NC=C6C=CC=CN65)sc4-c4ccc(F)cc43)cc2)c1. The van der Waals surface area contributed by atoms with Crippen molar-refractivity contribution >= 4 is 46.1 Å². The Labute approximate surface area is 310 Å². The summed E-state index contributed by atoms with van der Waals surface area (Å²) in [5.41, 5.74) is 5.57. The number of thiophene rings is 1. The third-order valence-electron chi connectivity index (χ3n) is 10.8. The van der Waals surface area contributed by atoms with Crippen LogP contribution in [0.4, 0.5) is 21.6 Å². The molecule has 5 aliphatic rings. The van der Waals surface area contributed by atoms with Crippen LogP contribution in [0.2, 0.25) is 0 Å². The minimum Gasteiger partial charge on any atom is -0.381 e. The van der Waals surface area contributed by atoms with Gasteiger partial charge in [-0.3, -0.25) is 14.4 Å². The van der Waals surface area contributed by atoms with Crippen molar-refractivity contribution in [2.24, 2.45) is 5.41 Å². The van der Waals surface area contributed by atoms with E-state index in [9.17, 15) is 18.8 Å².